The fourth-order valence-electron chi connectivity index (χ4n) is 5.87. The van der Waals surface area contributed by atoms with Crippen molar-refractivity contribution in [2.45, 2.75) is 65.0 Å². The lowest BCUT2D eigenvalue weighted by molar-refractivity contribution is 0.0798. The van der Waals surface area contributed by atoms with Gasteiger partial charge < -0.3 is 4.90 Å². The second-order valence-corrected chi connectivity index (χ2v) is 10.4. The third kappa shape index (κ3) is 3.60. The van der Waals surface area contributed by atoms with Crippen LogP contribution in [0.15, 0.2) is 30.7 Å². The first kappa shape index (κ1) is 21.1. The minimum Gasteiger partial charge on any atom is -0.322 e. The Morgan fingerprint density at radius 2 is 1.91 bits per heavy atom. The Kier molecular flexibility index (Phi) is 5.02. The second kappa shape index (κ2) is 8.09. The molecular weight excluding hydrogens is 422 g/mol. The van der Waals surface area contributed by atoms with Crippen LogP contribution in [0.25, 0.3) is 22.4 Å². The van der Waals surface area contributed by atoms with E-state index in [4.69, 9.17) is 16.5 Å². The van der Waals surface area contributed by atoms with Crippen molar-refractivity contribution in [1.82, 2.24) is 24.6 Å². The first-order valence-corrected chi connectivity index (χ1v) is 12.3. The Labute approximate surface area is 200 Å². The Morgan fingerprint density at radius 1 is 1.06 bits per heavy atom. The maximum Gasteiger partial charge on any atom is 0.256 e. The molecule has 0 unspecified atom stereocenters. The summed E-state index contributed by atoms with van der Waals surface area (Å²) in [6.45, 7) is 4.08. The average molecular weight is 452 g/mol. The van der Waals surface area contributed by atoms with Gasteiger partial charge in [0, 0.05) is 41.3 Å². The highest BCUT2D eigenvalue weighted by atomic mass is 16.2. The zero-order valence-corrected chi connectivity index (χ0v) is 19.7. The van der Waals surface area contributed by atoms with Gasteiger partial charge in [-0.2, -0.15) is 5.10 Å². The van der Waals surface area contributed by atoms with Crippen LogP contribution < -0.4 is 0 Å². The third-order valence-corrected chi connectivity index (χ3v) is 7.73. The molecule has 6 heteroatoms. The number of pyridine rings is 2. The predicted octanol–water partition coefficient (Wildman–Crippen LogP) is 4.67. The van der Waals surface area contributed by atoms with E-state index < -0.39 is 0 Å². The molecule has 3 aliphatic rings. The van der Waals surface area contributed by atoms with Crippen molar-refractivity contribution in [2.75, 3.05) is 6.54 Å². The summed E-state index contributed by atoms with van der Waals surface area (Å²) < 4.78 is 2.10. The molecule has 0 N–H and O–H groups in total. The van der Waals surface area contributed by atoms with E-state index >= 15 is 0 Å². The summed E-state index contributed by atoms with van der Waals surface area (Å²) in [5, 5.41) is 4.72. The first-order valence-electron chi connectivity index (χ1n) is 12.3. The topological polar surface area (TPSA) is 63.9 Å². The van der Waals surface area contributed by atoms with Crippen molar-refractivity contribution in [3.8, 4) is 34.7 Å². The number of fused-ring (bicyclic) bond motifs is 2. The highest BCUT2D eigenvalue weighted by molar-refractivity contribution is 5.99. The molecule has 1 aliphatic heterocycles. The van der Waals surface area contributed by atoms with Crippen LogP contribution in [0.4, 0.5) is 0 Å². The molecule has 34 heavy (non-hydrogen) atoms. The van der Waals surface area contributed by atoms with Crippen molar-refractivity contribution in [1.29, 1.82) is 0 Å². The Balaban J connectivity index is 1.40. The number of rotatable bonds is 5. The van der Waals surface area contributed by atoms with Crippen LogP contribution in [-0.4, -0.2) is 37.1 Å². The number of carbonyl (C=O) groups excluding carboxylic acids is 1. The number of aryl methyl sites for hydroxylation is 2. The Hall–Kier alpha value is -3.46. The second-order valence-electron chi connectivity index (χ2n) is 10.4. The van der Waals surface area contributed by atoms with Gasteiger partial charge in [-0.3, -0.25) is 19.4 Å². The molecule has 0 atom stereocenters. The van der Waals surface area contributed by atoms with Crippen LogP contribution in [0.1, 0.15) is 66.3 Å². The number of hydrogen-bond acceptors (Lipinski definition) is 4. The van der Waals surface area contributed by atoms with Crippen LogP contribution in [0.5, 0.6) is 0 Å². The summed E-state index contributed by atoms with van der Waals surface area (Å²) in [5.41, 5.74) is 8.10. The lowest BCUT2D eigenvalue weighted by atomic mass is 9.89. The van der Waals surface area contributed by atoms with Crippen LogP contribution >= 0.6 is 0 Å². The van der Waals surface area contributed by atoms with Crippen molar-refractivity contribution >= 4 is 5.91 Å². The monoisotopic (exact) mass is 451 g/mol. The van der Waals surface area contributed by atoms with E-state index in [0.717, 1.165) is 59.6 Å². The molecule has 6 rings (SSSR count). The van der Waals surface area contributed by atoms with E-state index in [-0.39, 0.29) is 5.91 Å². The number of amides is 1. The average Bonchev–Trinajstić information content (AvgIpc) is 3.62. The highest BCUT2D eigenvalue weighted by Gasteiger charge is 2.31. The molecule has 3 aromatic rings. The van der Waals surface area contributed by atoms with Gasteiger partial charge in [-0.05, 0) is 55.2 Å². The van der Waals surface area contributed by atoms with Crippen molar-refractivity contribution < 1.29 is 4.79 Å². The predicted molar refractivity (Wildman–Crippen MR) is 131 cm³/mol. The first-order chi connectivity index (χ1) is 16.5. The molecule has 1 fully saturated rings. The number of aromatic nitrogens is 4. The summed E-state index contributed by atoms with van der Waals surface area (Å²) in [7, 11) is 0. The van der Waals surface area contributed by atoms with Crippen LogP contribution in [0.2, 0.25) is 0 Å². The summed E-state index contributed by atoms with van der Waals surface area (Å²) >= 11 is 0. The van der Waals surface area contributed by atoms with Crippen molar-refractivity contribution in [3.05, 3.63) is 53.2 Å². The largest absolute Gasteiger partial charge is 0.322 e. The van der Waals surface area contributed by atoms with E-state index in [1.807, 2.05) is 18.5 Å². The number of carbonyl (C=O) groups is 1. The fraction of sp³-hybridized carbons (Fsp3) is 0.429. The Bertz CT molecular complexity index is 1330. The van der Waals surface area contributed by atoms with Gasteiger partial charge in [-0.15, -0.1) is 6.42 Å². The number of hydrogen-bond donors (Lipinski definition) is 0. The molecular formula is C28H29N5O. The molecule has 1 saturated carbocycles. The molecule has 1 amide bonds. The molecule has 2 aliphatic carbocycles. The van der Waals surface area contributed by atoms with Gasteiger partial charge in [-0.1, -0.05) is 25.7 Å². The van der Waals surface area contributed by atoms with Gasteiger partial charge in [-0.25, -0.2) is 0 Å². The van der Waals surface area contributed by atoms with E-state index in [2.05, 4.69) is 34.8 Å². The van der Waals surface area contributed by atoms with Gasteiger partial charge in [0.1, 0.15) is 0 Å². The van der Waals surface area contributed by atoms with Crippen molar-refractivity contribution in [2.24, 2.45) is 5.41 Å². The van der Waals surface area contributed by atoms with Gasteiger partial charge >= 0.3 is 0 Å². The standard InChI is InChI=1S/C28H29N5O/c1-3-11-32-17-25-23(27(32)34)13-20(14-29-25)26-22(12-19-7-6-8-24(19)31-26)21-15-30-33(16-21)18-28(2)9-4-5-10-28/h1,12-16H,4-11,17-18H2,2H3. The normalized spacial score (nSPS) is 18.2. The highest BCUT2D eigenvalue weighted by Crippen LogP contribution is 2.40. The minimum absolute atomic E-state index is 0.0531. The lowest BCUT2D eigenvalue weighted by Gasteiger charge is -2.23. The molecule has 0 spiro atoms. The van der Waals surface area contributed by atoms with E-state index in [1.165, 1.54) is 31.2 Å². The van der Waals surface area contributed by atoms with E-state index in [9.17, 15) is 4.79 Å². The maximum atomic E-state index is 12.9. The quantitative estimate of drug-likeness (QED) is 0.529. The molecule has 0 aromatic carbocycles. The maximum absolute atomic E-state index is 12.9. The summed E-state index contributed by atoms with van der Waals surface area (Å²) in [6, 6.07) is 4.22. The van der Waals surface area contributed by atoms with Gasteiger partial charge in [0.2, 0.25) is 0 Å². The van der Waals surface area contributed by atoms with Crippen molar-refractivity contribution in [3.63, 3.8) is 0 Å². The third-order valence-electron chi connectivity index (χ3n) is 7.73. The van der Waals surface area contributed by atoms with Gasteiger partial charge in [0.05, 0.1) is 36.2 Å². The SMILES string of the molecule is C#CCN1Cc2ncc(-c3nc4c(cc3-c3cnn(CC5(C)CCCC5)c3)CCC4)cc2C1=O. The minimum atomic E-state index is -0.0531. The number of terminal acetylenes is 1. The van der Waals surface area contributed by atoms with Gasteiger partial charge in [0.25, 0.3) is 5.91 Å². The molecule has 6 nitrogen and oxygen atoms in total. The number of nitrogens with zero attached hydrogens (tertiary/aromatic N) is 5. The van der Waals surface area contributed by atoms with E-state index in [1.54, 1.807) is 4.90 Å². The summed E-state index contributed by atoms with van der Waals surface area (Å²) in [6.07, 6.45) is 19.7. The Morgan fingerprint density at radius 3 is 2.74 bits per heavy atom. The lowest BCUT2D eigenvalue weighted by Crippen LogP contribution is -2.23. The fourth-order valence-corrected chi connectivity index (χ4v) is 5.87. The zero-order chi connectivity index (χ0) is 23.3. The van der Waals surface area contributed by atoms with Crippen LogP contribution in [0.3, 0.4) is 0 Å². The van der Waals surface area contributed by atoms with Crippen LogP contribution in [0, 0.1) is 17.8 Å². The molecule has 0 saturated heterocycles. The molecule has 3 aromatic heterocycles. The molecule has 0 bridgehead atoms. The molecule has 0 radical (unpaired) electrons. The smallest absolute Gasteiger partial charge is 0.256 e. The van der Waals surface area contributed by atoms with E-state index in [0.29, 0.717) is 24.1 Å². The molecule has 4 heterocycles. The summed E-state index contributed by atoms with van der Waals surface area (Å²) in [4.78, 5) is 24.3. The summed E-state index contributed by atoms with van der Waals surface area (Å²) in [5.74, 6) is 2.51. The van der Waals surface area contributed by atoms with Gasteiger partial charge in [0.15, 0.2) is 0 Å². The zero-order valence-electron chi connectivity index (χ0n) is 19.7. The molecule has 172 valence electrons. The van der Waals surface area contributed by atoms with Crippen LogP contribution in [-0.2, 0) is 25.9 Å².